The lowest BCUT2D eigenvalue weighted by Gasteiger charge is -2.31. The van der Waals surface area contributed by atoms with E-state index in [2.05, 4.69) is 5.32 Å². The van der Waals surface area contributed by atoms with Crippen LogP contribution in [0.5, 0.6) is 17.2 Å². The van der Waals surface area contributed by atoms with Gasteiger partial charge < -0.3 is 24.4 Å². The number of hydrogen-bond acceptors (Lipinski definition) is 5. The minimum absolute atomic E-state index is 0.239. The molecule has 184 valence electrons. The van der Waals surface area contributed by atoms with Crippen molar-refractivity contribution in [2.75, 3.05) is 27.9 Å². The molecule has 0 fully saturated rings. The average Bonchev–Trinajstić information content (AvgIpc) is 2.90. The van der Waals surface area contributed by atoms with E-state index in [1.165, 1.54) is 0 Å². The van der Waals surface area contributed by atoms with Crippen LogP contribution in [0.4, 0.5) is 0 Å². The summed E-state index contributed by atoms with van der Waals surface area (Å²) in [6.07, 6.45) is 0.380. The molecule has 0 saturated heterocycles. The zero-order valence-electron chi connectivity index (χ0n) is 20.6. The summed E-state index contributed by atoms with van der Waals surface area (Å²) in [6.45, 7) is 2.03. The summed E-state index contributed by atoms with van der Waals surface area (Å²) >= 11 is 0. The van der Waals surface area contributed by atoms with Crippen molar-refractivity contribution in [3.63, 3.8) is 0 Å². The molecule has 35 heavy (non-hydrogen) atoms. The van der Waals surface area contributed by atoms with Crippen LogP contribution in [0.15, 0.2) is 72.8 Å². The van der Waals surface area contributed by atoms with Gasteiger partial charge in [-0.15, -0.1) is 0 Å². The summed E-state index contributed by atoms with van der Waals surface area (Å²) < 4.78 is 16.4. The van der Waals surface area contributed by atoms with Crippen LogP contribution in [-0.2, 0) is 22.6 Å². The highest BCUT2D eigenvalue weighted by molar-refractivity contribution is 5.88. The predicted molar refractivity (Wildman–Crippen MR) is 135 cm³/mol. The van der Waals surface area contributed by atoms with E-state index in [9.17, 15) is 9.59 Å². The average molecular weight is 477 g/mol. The van der Waals surface area contributed by atoms with E-state index in [-0.39, 0.29) is 25.0 Å². The maximum Gasteiger partial charge on any atom is 0.261 e. The molecular weight excluding hydrogens is 444 g/mol. The molecule has 0 aromatic heterocycles. The first-order valence-electron chi connectivity index (χ1n) is 11.4. The van der Waals surface area contributed by atoms with Crippen molar-refractivity contribution in [3.8, 4) is 17.2 Å². The molecule has 7 heteroatoms. The summed E-state index contributed by atoms with van der Waals surface area (Å²) in [4.78, 5) is 28.1. The highest BCUT2D eigenvalue weighted by atomic mass is 16.5. The molecule has 0 bridgehead atoms. The molecule has 0 saturated carbocycles. The van der Waals surface area contributed by atoms with Crippen LogP contribution in [0.2, 0.25) is 0 Å². The van der Waals surface area contributed by atoms with E-state index in [4.69, 9.17) is 14.2 Å². The first kappa shape index (κ1) is 25.6. The molecule has 2 amide bonds. The van der Waals surface area contributed by atoms with Gasteiger partial charge in [-0.05, 0) is 18.1 Å². The van der Waals surface area contributed by atoms with Crippen molar-refractivity contribution < 1.29 is 23.8 Å². The van der Waals surface area contributed by atoms with E-state index in [1.54, 1.807) is 44.4 Å². The van der Waals surface area contributed by atoms with Crippen LogP contribution in [0.3, 0.4) is 0 Å². The van der Waals surface area contributed by atoms with Crippen LogP contribution in [0.25, 0.3) is 0 Å². The normalized spacial score (nSPS) is 11.3. The van der Waals surface area contributed by atoms with Crippen LogP contribution in [-0.4, -0.2) is 50.6 Å². The molecule has 0 radical (unpaired) electrons. The van der Waals surface area contributed by atoms with Crippen molar-refractivity contribution in [1.82, 2.24) is 10.2 Å². The van der Waals surface area contributed by atoms with Gasteiger partial charge in [-0.2, -0.15) is 0 Å². The van der Waals surface area contributed by atoms with Gasteiger partial charge in [-0.1, -0.05) is 60.2 Å². The van der Waals surface area contributed by atoms with E-state index in [0.29, 0.717) is 23.7 Å². The SMILES string of the molecule is CNC(=O)C(Cc1ccccc1)N(Cc1ccc(C)cc1)C(=O)COc1cc(OC)cc(OC)c1. The van der Waals surface area contributed by atoms with E-state index in [1.807, 2.05) is 61.5 Å². The number of hydrogen-bond donors (Lipinski definition) is 1. The maximum absolute atomic E-state index is 13.5. The highest BCUT2D eigenvalue weighted by Gasteiger charge is 2.30. The number of benzene rings is 3. The largest absolute Gasteiger partial charge is 0.496 e. The Morgan fingerprint density at radius 2 is 1.46 bits per heavy atom. The Morgan fingerprint density at radius 1 is 0.857 bits per heavy atom. The molecule has 3 aromatic rings. The Labute approximate surface area is 206 Å². The second kappa shape index (κ2) is 12.5. The molecule has 3 aromatic carbocycles. The van der Waals surface area contributed by atoms with Crippen molar-refractivity contribution in [2.24, 2.45) is 0 Å². The lowest BCUT2D eigenvalue weighted by molar-refractivity contribution is -0.142. The Balaban J connectivity index is 1.87. The van der Waals surface area contributed by atoms with Crippen molar-refractivity contribution in [2.45, 2.75) is 25.9 Å². The minimum Gasteiger partial charge on any atom is -0.496 e. The number of aryl methyl sites for hydroxylation is 1. The third kappa shape index (κ3) is 7.24. The van der Waals surface area contributed by atoms with Crippen molar-refractivity contribution >= 4 is 11.8 Å². The first-order chi connectivity index (χ1) is 16.9. The quantitative estimate of drug-likeness (QED) is 0.456. The van der Waals surface area contributed by atoms with Gasteiger partial charge >= 0.3 is 0 Å². The molecule has 1 N–H and O–H groups in total. The van der Waals surface area contributed by atoms with Gasteiger partial charge in [-0.25, -0.2) is 0 Å². The number of rotatable bonds is 11. The van der Waals surface area contributed by atoms with Crippen LogP contribution >= 0.6 is 0 Å². The van der Waals surface area contributed by atoms with Gasteiger partial charge in [0.2, 0.25) is 5.91 Å². The number of carbonyl (C=O) groups is 2. The van der Waals surface area contributed by atoms with Crippen LogP contribution in [0, 0.1) is 6.92 Å². The molecule has 0 aliphatic rings. The Bertz CT molecular complexity index is 1090. The second-order valence-corrected chi connectivity index (χ2v) is 8.16. The fourth-order valence-electron chi connectivity index (χ4n) is 3.70. The lowest BCUT2D eigenvalue weighted by Crippen LogP contribution is -2.51. The molecule has 1 unspecified atom stereocenters. The van der Waals surface area contributed by atoms with Gasteiger partial charge in [0.25, 0.3) is 5.91 Å². The van der Waals surface area contributed by atoms with Gasteiger partial charge in [0.1, 0.15) is 23.3 Å². The van der Waals surface area contributed by atoms with Gasteiger partial charge in [-0.3, -0.25) is 9.59 Å². The Hall–Kier alpha value is -4.00. The third-order valence-electron chi connectivity index (χ3n) is 5.68. The molecule has 0 heterocycles. The third-order valence-corrected chi connectivity index (χ3v) is 5.68. The summed E-state index contributed by atoms with van der Waals surface area (Å²) in [5, 5.41) is 2.71. The molecular formula is C28H32N2O5. The smallest absolute Gasteiger partial charge is 0.261 e. The number of methoxy groups -OCH3 is 2. The molecule has 1 atom stereocenters. The number of amides is 2. The second-order valence-electron chi connectivity index (χ2n) is 8.16. The molecule has 0 spiro atoms. The minimum atomic E-state index is -0.709. The van der Waals surface area contributed by atoms with Gasteiger partial charge in [0.15, 0.2) is 6.61 Å². The lowest BCUT2D eigenvalue weighted by atomic mass is 10.0. The summed E-state index contributed by atoms with van der Waals surface area (Å²) in [7, 11) is 4.67. The summed E-state index contributed by atoms with van der Waals surface area (Å²) in [5.74, 6) is 0.991. The zero-order valence-corrected chi connectivity index (χ0v) is 20.6. The Kier molecular flexibility index (Phi) is 9.12. The van der Waals surface area contributed by atoms with E-state index in [0.717, 1.165) is 16.7 Å². The standard InChI is InChI=1S/C28H32N2O5/c1-20-10-12-22(13-11-20)18-30(26(28(32)29-2)14-21-8-6-5-7-9-21)27(31)19-35-25-16-23(33-3)15-24(17-25)34-4/h5-13,15-17,26H,14,18-19H2,1-4H3,(H,29,32). The number of ether oxygens (including phenoxy) is 3. The number of nitrogens with one attached hydrogen (secondary N) is 1. The van der Waals surface area contributed by atoms with Gasteiger partial charge in [0.05, 0.1) is 14.2 Å². The van der Waals surface area contributed by atoms with Crippen molar-refractivity contribution in [1.29, 1.82) is 0 Å². The summed E-state index contributed by atoms with van der Waals surface area (Å²) in [6, 6.07) is 21.9. The Morgan fingerprint density at radius 3 is 2.03 bits per heavy atom. The zero-order chi connectivity index (χ0) is 25.2. The summed E-state index contributed by atoms with van der Waals surface area (Å²) in [5.41, 5.74) is 3.00. The van der Waals surface area contributed by atoms with Crippen molar-refractivity contribution in [3.05, 3.63) is 89.5 Å². The maximum atomic E-state index is 13.5. The van der Waals surface area contributed by atoms with Crippen LogP contribution in [0.1, 0.15) is 16.7 Å². The number of nitrogens with zero attached hydrogens (tertiary/aromatic N) is 1. The fourth-order valence-corrected chi connectivity index (χ4v) is 3.70. The predicted octanol–water partition coefficient (Wildman–Crippen LogP) is 3.78. The molecule has 0 aliphatic heterocycles. The first-order valence-corrected chi connectivity index (χ1v) is 11.4. The number of likely N-dealkylation sites (N-methyl/N-ethyl adjacent to an activating group) is 1. The van der Waals surface area contributed by atoms with E-state index < -0.39 is 6.04 Å². The van der Waals surface area contributed by atoms with Gasteiger partial charge in [0, 0.05) is 38.2 Å². The molecule has 0 aliphatic carbocycles. The van der Waals surface area contributed by atoms with Crippen LogP contribution < -0.4 is 19.5 Å². The highest BCUT2D eigenvalue weighted by Crippen LogP contribution is 2.27. The molecule has 3 rings (SSSR count). The monoisotopic (exact) mass is 476 g/mol. The topological polar surface area (TPSA) is 77.1 Å². The number of carbonyl (C=O) groups excluding carboxylic acids is 2. The molecule has 7 nitrogen and oxygen atoms in total. The van der Waals surface area contributed by atoms with E-state index >= 15 is 0 Å². The fraction of sp³-hybridized carbons (Fsp3) is 0.286.